The van der Waals surface area contributed by atoms with Gasteiger partial charge in [0.2, 0.25) is 5.91 Å². The molecule has 0 bridgehead atoms. The highest BCUT2D eigenvalue weighted by Gasteiger charge is 2.25. The smallest absolute Gasteiger partial charge is 0.220 e. The van der Waals surface area contributed by atoms with E-state index in [4.69, 9.17) is 4.74 Å². The van der Waals surface area contributed by atoms with E-state index in [1.54, 1.807) is 18.4 Å². The second-order valence-corrected chi connectivity index (χ2v) is 8.38. The minimum atomic E-state index is 0.123. The van der Waals surface area contributed by atoms with Crippen molar-refractivity contribution in [3.8, 4) is 5.75 Å². The van der Waals surface area contributed by atoms with Gasteiger partial charge in [0.05, 0.1) is 13.2 Å². The Balaban J connectivity index is 1.51. The summed E-state index contributed by atoms with van der Waals surface area (Å²) in [5.74, 6) is 1.78. The molecule has 1 N–H and O–H groups in total. The van der Waals surface area contributed by atoms with Crippen molar-refractivity contribution in [1.29, 1.82) is 0 Å². The molecule has 0 radical (unpaired) electrons. The number of carbonyl (C=O) groups is 1. The predicted molar refractivity (Wildman–Crippen MR) is 111 cm³/mol. The molecular weight excluding hydrogens is 356 g/mol. The van der Waals surface area contributed by atoms with Gasteiger partial charge >= 0.3 is 0 Å². The van der Waals surface area contributed by atoms with Gasteiger partial charge in [-0.25, -0.2) is 0 Å². The summed E-state index contributed by atoms with van der Waals surface area (Å²) in [6.07, 6.45) is 3.75. The first-order valence-electron chi connectivity index (χ1n) is 9.83. The summed E-state index contributed by atoms with van der Waals surface area (Å²) in [5.41, 5.74) is 1.16. The number of rotatable bonds is 8. The van der Waals surface area contributed by atoms with Crippen molar-refractivity contribution in [2.45, 2.75) is 38.6 Å². The van der Waals surface area contributed by atoms with Crippen LogP contribution in [0.4, 0.5) is 0 Å². The molecule has 3 rings (SSSR count). The zero-order chi connectivity index (χ0) is 19.1. The molecule has 0 saturated carbocycles. The molecule has 1 aliphatic heterocycles. The fourth-order valence-electron chi connectivity index (χ4n) is 3.58. The Morgan fingerprint density at radius 3 is 2.63 bits per heavy atom. The highest BCUT2D eigenvalue weighted by molar-refractivity contribution is 7.10. The lowest BCUT2D eigenvalue weighted by Crippen LogP contribution is -2.41. The van der Waals surface area contributed by atoms with E-state index in [2.05, 4.69) is 34.7 Å². The molecule has 2 aromatic rings. The number of methoxy groups -OCH3 is 1. The second-order valence-electron chi connectivity index (χ2n) is 7.40. The number of ether oxygens (including phenoxy) is 1. The maximum absolute atomic E-state index is 12.4. The Kier molecular flexibility index (Phi) is 7.30. The van der Waals surface area contributed by atoms with Gasteiger partial charge in [0.25, 0.3) is 0 Å². The number of hydrogen-bond donors (Lipinski definition) is 1. The van der Waals surface area contributed by atoms with Crippen molar-refractivity contribution >= 4 is 17.2 Å². The second kappa shape index (κ2) is 9.90. The molecular formula is C22H30N2O2S. The van der Waals surface area contributed by atoms with Gasteiger partial charge in [-0.2, -0.15) is 0 Å². The van der Waals surface area contributed by atoms with E-state index in [0.29, 0.717) is 19.0 Å². The third kappa shape index (κ3) is 5.81. The highest BCUT2D eigenvalue weighted by Crippen LogP contribution is 2.29. The number of thiophene rings is 1. The molecule has 1 atom stereocenters. The Morgan fingerprint density at radius 2 is 2.00 bits per heavy atom. The molecule has 5 heteroatoms. The number of amides is 1. The average Bonchev–Trinajstić information content (AvgIpc) is 3.23. The topological polar surface area (TPSA) is 41.6 Å². The van der Waals surface area contributed by atoms with Crippen molar-refractivity contribution in [2.24, 2.45) is 5.92 Å². The molecule has 0 spiro atoms. The van der Waals surface area contributed by atoms with Gasteiger partial charge in [-0.05, 0) is 67.4 Å². The first kappa shape index (κ1) is 19.9. The van der Waals surface area contributed by atoms with Gasteiger partial charge in [-0.15, -0.1) is 11.3 Å². The number of nitrogens with one attached hydrogen (secondary N) is 1. The Morgan fingerprint density at radius 1 is 1.26 bits per heavy atom. The van der Waals surface area contributed by atoms with E-state index < -0.39 is 0 Å². The van der Waals surface area contributed by atoms with Crippen molar-refractivity contribution in [3.05, 3.63) is 52.2 Å². The van der Waals surface area contributed by atoms with Crippen LogP contribution < -0.4 is 10.1 Å². The third-order valence-corrected chi connectivity index (χ3v) is 6.40. The number of carbonyl (C=O) groups excluding carboxylic acids is 1. The Bertz CT molecular complexity index is 692. The van der Waals surface area contributed by atoms with Gasteiger partial charge in [0.15, 0.2) is 0 Å². The van der Waals surface area contributed by atoms with E-state index in [9.17, 15) is 4.79 Å². The van der Waals surface area contributed by atoms with Crippen LogP contribution in [0.1, 0.15) is 42.7 Å². The van der Waals surface area contributed by atoms with E-state index in [-0.39, 0.29) is 5.91 Å². The summed E-state index contributed by atoms with van der Waals surface area (Å²) >= 11 is 1.79. The van der Waals surface area contributed by atoms with Crippen LogP contribution in [0, 0.1) is 5.92 Å². The van der Waals surface area contributed by atoms with Crippen LogP contribution in [0.3, 0.4) is 0 Å². The molecule has 146 valence electrons. The maximum atomic E-state index is 12.4. The molecule has 27 heavy (non-hydrogen) atoms. The first-order valence-corrected chi connectivity index (χ1v) is 10.7. The van der Waals surface area contributed by atoms with Crippen LogP contribution in [-0.2, 0) is 11.2 Å². The van der Waals surface area contributed by atoms with Crippen LogP contribution in [0.15, 0.2) is 41.8 Å². The van der Waals surface area contributed by atoms with E-state index >= 15 is 0 Å². The standard InChI is InChI=1S/C22H30N2O2S/c1-17-11-13-24(14-12-17)20(21-4-3-15-27-21)16-23-22(25)10-7-18-5-8-19(26-2)9-6-18/h3-6,8-9,15,17,20H,7,10-14,16H2,1-2H3,(H,23,25). The molecule has 0 aliphatic carbocycles. The van der Waals surface area contributed by atoms with Crippen LogP contribution in [0.5, 0.6) is 5.75 Å². The van der Waals surface area contributed by atoms with Crippen molar-refractivity contribution in [2.75, 3.05) is 26.7 Å². The maximum Gasteiger partial charge on any atom is 0.220 e. The summed E-state index contributed by atoms with van der Waals surface area (Å²) in [5, 5.41) is 5.30. The zero-order valence-corrected chi connectivity index (χ0v) is 17.1. The lowest BCUT2D eigenvalue weighted by molar-refractivity contribution is -0.121. The minimum absolute atomic E-state index is 0.123. The van der Waals surface area contributed by atoms with E-state index in [1.165, 1.54) is 17.7 Å². The molecule has 1 aliphatic rings. The average molecular weight is 387 g/mol. The van der Waals surface area contributed by atoms with Crippen LogP contribution in [0.2, 0.25) is 0 Å². The zero-order valence-electron chi connectivity index (χ0n) is 16.3. The van der Waals surface area contributed by atoms with Gasteiger partial charge in [0.1, 0.15) is 5.75 Å². The number of benzene rings is 1. The molecule has 1 aromatic heterocycles. The number of nitrogens with zero attached hydrogens (tertiary/aromatic N) is 1. The van der Waals surface area contributed by atoms with E-state index in [0.717, 1.165) is 36.7 Å². The third-order valence-electron chi connectivity index (χ3n) is 5.42. The molecule has 4 nitrogen and oxygen atoms in total. The Hall–Kier alpha value is -1.85. The number of likely N-dealkylation sites (tertiary alicyclic amines) is 1. The van der Waals surface area contributed by atoms with Crippen LogP contribution in [-0.4, -0.2) is 37.6 Å². The molecule has 1 unspecified atom stereocenters. The summed E-state index contributed by atoms with van der Waals surface area (Å²) in [6, 6.07) is 12.5. The SMILES string of the molecule is COc1ccc(CCC(=O)NCC(c2cccs2)N2CCC(C)CC2)cc1. The normalized spacial score (nSPS) is 16.8. The van der Waals surface area contributed by atoms with Gasteiger partial charge < -0.3 is 10.1 Å². The monoisotopic (exact) mass is 386 g/mol. The quantitative estimate of drug-likeness (QED) is 0.736. The van der Waals surface area contributed by atoms with Gasteiger partial charge in [0, 0.05) is 17.8 Å². The summed E-state index contributed by atoms with van der Waals surface area (Å²) in [6.45, 7) is 5.26. The highest BCUT2D eigenvalue weighted by atomic mass is 32.1. The lowest BCUT2D eigenvalue weighted by Gasteiger charge is -2.36. The number of aryl methyl sites for hydroxylation is 1. The van der Waals surface area contributed by atoms with Crippen molar-refractivity contribution in [1.82, 2.24) is 10.2 Å². The largest absolute Gasteiger partial charge is 0.497 e. The molecule has 1 saturated heterocycles. The Labute approximate surface area is 166 Å². The molecule has 1 aromatic carbocycles. The van der Waals surface area contributed by atoms with E-state index in [1.807, 2.05) is 24.3 Å². The predicted octanol–water partition coefficient (Wildman–Crippen LogP) is 4.28. The number of piperidine rings is 1. The van der Waals surface area contributed by atoms with Gasteiger partial charge in [-0.3, -0.25) is 9.69 Å². The fourth-order valence-corrected chi connectivity index (χ4v) is 4.44. The summed E-state index contributed by atoms with van der Waals surface area (Å²) in [7, 11) is 1.66. The summed E-state index contributed by atoms with van der Waals surface area (Å²) in [4.78, 5) is 16.3. The van der Waals surface area contributed by atoms with Crippen molar-refractivity contribution < 1.29 is 9.53 Å². The van der Waals surface area contributed by atoms with Crippen molar-refractivity contribution in [3.63, 3.8) is 0 Å². The molecule has 1 fully saturated rings. The first-order chi connectivity index (χ1) is 13.2. The van der Waals surface area contributed by atoms with Crippen LogP contribution >= 0.6 is 11.3 Å². The minimum Gasteiger partial charge on any atom is -0.497 e. The molecule has 1 amide bonds. The number of hydrogen-bond acceptors (Lipinski definition) is 4. The van der Waals surface area contributed by atoms with Crippen LogP contribution in [0.25, 0.3) is 0 Å². The molecule has 2 heterocycles. The fraction of sp³-hybridized carbons (Fsp3) is 0.500. The summed E-state index contributed by atoms with van der Waals surface area (Å²) < 4.78 is 5.18. The van der Waals surface area contributed by atoms with Gasteiger partial charge in [-0.1, -0.05) is 25.1 Å². The lowest BCUT2D eigenvalue weighted by atomic mass is 9.97.